The van der Waals surface area contributed by atoms with E-state index < -0.39 is 11.6 Å². The average molecular weight is 276 g/mol. The summed E-state index contributed by atoms with van der Waals surface area (Å²) in [6, 6.07) is 5.42. The smallest absolute Gasteiger partial charge is 0.331 e. The van der Waals surface area contributed by atoms with Crippen LogP contribution < -0.4 is 0 Å². The van der Waals surface area contributed by atoms with E-state index in [-0.39, 0.29) is 11.2 Å². The average Bonchev–Trinajstić information content (AvgIpc) is 2.24. The molecule has 0 atom stereocenters. The lowest BCUT2D eigenvalue weighted by molar-refractivity contribution is -0.148. The fourth-order valence-electron chi connectivity index (χ4n) is 1.65. The second-order valence-electron chi connectivity index (χ2n) is 6.89. The van der Waals surface area contributed by atoms with Crippen molar-refractivity contribution in [1.82, 2.24) is 0 Å². The predicted octanol–water partition coefficient (Wildman–Crippen LogP) is 4.04. The van der Waals surface area contributed by atoms with Crippen molar-refractivity contribution >= 4 is 12.0 Å². The molecule has 20 heavy (non-hydrogen) atoms. The van der Waals surface area contributed by atoms with Gasteiger partial charge in [0.25, 0.3) is 0 Å². The van der Waals surface area contributed by atoms with Crippen LogP contribution in [0.5, 0.6) is 5.75 Å². The van der Waals surface area contributed by atoms with Crippen LogP contribution in [0.4, 0.5) is 0 Å². The van der Waals surface area contributed by atoms with E-state index in [1.807, 2.05) is 32.9 Å². The van der Waals surface area contributed by atoms with E-state index in [9.17, 15) is 9.90 Å². The highest BCUT2D eigenvalue weighted by Gasteiger charge is 2.16. The highest BCUT2D eigenvalue weighted by Crippen LogP contribution is 2.28. The first-order valence-corrected chi connectivity index (χ1v) is 6.73. The van der Waals surface area contributed by atoms with E-state index in [0.717, 1.165) is 5.56 Å². The quantitative estimate of drug-likeness (QED) is 0.655. The third-order valence-corrected chi connectivity index (χ3v) is 2.70. The second kappa shape index (κ2) is 5.70. The van der Waals surface area contributed by atoms with Crippen LogP contribution >= 0.6 is 0 Å². The van der Waals surface area contributed by atoms with Crippen LogP contribution in [-0.2, 0) is 14.9 Å². The fraction of sp³-hybridized carbons (Fsp3) is 0.471. The first-order valence-electron chi connectivity index (χ1n) is 6.73. The minimum absolute atomic E-state index is 0.0117. The Kier molecular flexibility index (Phi) is 4.64. The molecule has 0 unspecified atom stereocenters. The first-order chi connectivity index (χ1) is 8.99. The van der Waals surface area contributed by atoms with Gasteiger partial charge in [0, 0.05) is 11.6 Å². The number of phenols is 1. The summed E-state index contributed by atoms with van der Waals surface area (Å²) in [6.45, 7) is 11.7. The number of phenolic OH excluding ortho intramolecular Hbond substituents is 1. The Labute approximate surface area is 121 Å². The van der Waals surface area contributed by atoms with Crippen molar-refractivity contribution in [2.24, 2.45) is 0 Å². The third kappa shape index (κ3) is 5.08. The Balaban J connectivity index is 2.95. The molecule has 0 radical (unpaired) electrons. The van der Waals surface area contributed by atoms with Crippen molar-refractivity contribution < 1.29 is 14.6 Å². The number of ether oxygens (including phenoxy) is 1. The zero-order chi connectivity index (χ0) is 15.6. The lowest BCUT2D eigenvalue weighted by Crippen LogP contribution is -2.22. The molecule has 0 aromatic heterocycles. The molecule has 1 aromatic rings. The maximum absolute atomic E-state index is 11.6. The number of hydrogen-bond acceptors (Lipinski definition) is 3. The number of rotatable bonds is 2. The molecule has 1 rings (SSSR count). The maximum Gasteiger partial charge on any atom is 0.331 e. The van der Waals surface area contributed by atoms with E-state index in [0.29, 0.717) is 5.56 Å². The monoisotopic (exact) mass is 276 g/mol. The van der Waals surface area contributed by atoms with Gasteiger partial charge in [0.05, 0.1) is 0 Å². The van der Waals surface area contributed by atoms with Crippen molar-refractivity contribution in [3.8, 4) is 5.75 Å². The van der Waals surface area contributed by atoms with Gasteiger partial charge in [0.2, 0.25) is 0 Å². The fourth-order valence-corrected chi connectivity index (χ4v) is 1.65. The molecule has 0 saturated carbocycles. The van der Waals surface area contributed by atoms with Crippen molar-refractivity contribution in [1.29, 1.82) is 0 Å². The summed E-state index contributed by atoms with van der Waals surface area (Å²) in [6.07, 6.45) is 2.92. The summed E-state index contributed by atoms with van der Waals surface area (Å²) in [5.41, 5.74) is 1.18. The summed E-state index contributed by atoms with van der Waals surface area (Å²) in [5.74, 6) is -0.268. The zero-order valence-electron chi connectivity index (χ0n) is 13.2. The van der Waals surface area contributed by atoms with Crippen LogP contribution in [-0.4, -0.2) is 16.7 Å². The van der Waals surface area contributed by atoms with Gasteiger partial charge in [0.15, 0.2) is 0 Å². The Hall–Kier alpha value is -1.77. The molecule has 0 spiro atoms. The van der Waals surface area contributed by atoms with Gasteiger partial charge in [-0.25, -0.2) is 4.79 Å². The molecule has 0 bridgehead atoms. The number of benzene rings is 1. The molecule has 0 aliphatic rings. The summed E-state index contributed by atoms with van der Waals surface area (Å²) < 4.78 is 5.19. The molecule has 3 nitrogen and oxygen atoms in total. The normalized spacial score (nSPS) is 12.7. The summed E-state index contributed by atoms with van der Waals surface area (Å²) in [5, 5.41) is 9.84. The van der Waals surface area contributed by atoms with Crippen LogP contribution in [0.1, 0.15) is 52.7 Å². The highest BCUT2D eigenvalue weighted by molar-refractivity contribution is 5.87. The molecule has 0 aliphatic heterocycles. The van der Waals surface area contributed by atoms with Gasteiger partial charge in [-0.15, -0.1) is 0 Å². The van der Waals surface area contributed by atoms with Gasteiger partial charge < -0.3 is 9.84 Å². The minimum atomic E-state index is -0.517. The summed E-state index contributed by atoms with van der Waals surface area (Å²) >= 11 is 0. The lowest BCUT2D eigenvalue weighted by atomic mass is 9.86. The van der Waals surface area contributed by atoms with Gasteiger partial charge >= 0.3 is 5.97 Å². The van der Waals surface area contributed by atoms with Gasteiger partial charge in [-0.05, 0) is 50.0 Å². The summed E-state index contributed by atoms with van der Waals surface area (Å²) in [7, 11) is 0. The Morgan fingerprint density at radius 2 is 1.75 bits per heavy atom. The summed E-state index contributed by atoms with van der Waals surface area (Å²) in [4.78, 5) is 11.6. The van der Waals surface area contributed by atoms with Crippen molar-refractivity contribution in [2.75, 3.05) is 0 Å². The molecule has 0 heterocycles. The van der Waals surface area contributed by atoms with Gasteiger partial charge in [-0.1, -0.05) is 26.8 Å². The van der Waals surface area contributed by atoms with E-state index in [1.165, 1.54) is 6.08 Å². The molecule has 0 saturated heterocycles. The van der Waals surface area contributed by atoms with Crippen LogP contribution in [0, 0.1) is 0 Å². The number of esters is 1. The Bertz CT molecular complexity index is 514. The number of aromatic hydroxyl groups is 1. The van der Waals surface area contributed by atoms with Crippen LogP contribution in [0.25, 0.3) is 6.08 Å². The molecular weight excluding hydrogens is 252 g/mol. The Morgan fingerprint density at radius 1 is 1.15 bits per heavy atom. The third-order valence-electron chi connectivity index (χ3n) is 2.70. The first kappa shape index (κ1) is 16.3. The lowest BCUT2D eigenvalue weighted by Gasteiger charge is -2.20. The van der Waals surface area contributed by atoms with Crippen molar-refractivity contribution in [3.05, 3.63) is 35.4 Å². The molecule has 0 amide bonds. The molecule has 1 N–H and O–H groups in total. The zero-order valence-corrected chi connectivity index (χ0v) is 13.2. The molecule has 1 aromatic carbocycles. The van der Waals surface area contributed by atoms with Crippen molar-refractivity contribution in [3.63, 3.8) is 0 Å². The van der Waals surface area contributed by atoms with E-state index >= 15 is 0 Å². The molecule has 110 valence electrons. The molecular formula is C17H24O3. The number of carbonyl (C=O) groups excluding carboxylic acids is 1. The van der Waals surface area contributed by atoms with Crippen LogP contribution in [0.2, 0.25) is 0 Å². The largest absolute Gasteiger partial charge is 0.507 e. The van der Waals surface area contributed by atoms with Gasteiger partial charge in [-0.3, -0.25) is 0 Å². The number of hydrogen-bond donors (Lipinski definition) is 1. The highest BCUT2D eigenvalue weighted by atomic mass is 16.6. The SMILES string of the molecule is CC(C)(C)OC(=O)/C=C/c1cc(C(C)(C)C)ccc1O. The topological polar surface area (TPSA) is 46.5 Å². The van der Waals surface area contributed by atoms with Gasteiger partial charge in [-0.2, -0.15) is 0 Å². The Morgan fingerprint density at radius 3 is 2.25 bits per heavy atom. The molecule has 0 aliphatic carbocycles. The minimum Gasteiger partial charge on any atom is -0.507 e. The molecule has 3 heteroatoms. The van der Waals surface area contributed by atoms with E-state index in [1.54, 1.807) is 12.1 Å². The number of carbonyl (C=O) groups is 1. The van der Waals surface area contributed by atoms with Crippen LogP contribution in [0.3, 0.4) is 0 Å². The van der Waals surface area contributed by atoms with E-state index in [4.69, 9.17) is 4.74 Å². The van der Waals surface area contributed by atoms with Gasteiger partial charge in [0.1, 0.15) is 11.4 Å². The standard InChI is InChI=1S/C17H24O3/c1-16(2,3)13-8-9-14(18)12(11-13)7-10-15(19)20-17(4,5)6/h7-11,18H,1-6H3/b10-7+. The second-order valence-corrected chi connectivity index (χ2v) is 6.89. The maximum atomic E-state index is 11.6. The van der Waals surface area contributed by atoms with E-state index in [2.05, 4.69) is 20.8 Å². The van der Waals surface area contributed by atoms with Crippen LogP contribution in [0.15, 0.2) is 24.3 Å². The van der Waals surface area contributed by atoms with Crippen molar-refractivity contribution in [2.45, 2.75) is 52.6 Å². The predicted molar refractivity (Wildman–Crippen MR) is 81.7 cm³/mol. The molecule has 0 fully saturated rings.